The molecule has 1 amide bonds. The molecule has 5 atom stereocenters. The van der Waals surface area contributed by atoms with Crippen molar-refractivity contribution in [3.8, 4) is 17.2 Å². The number of carbonyl (C=O) groups is 1. The predicted octanol–water partition coefficient (Wildman–Crippen LogP) is 3.91. The van der Waals surface area contributed by atoms with Gasteiger partial charge in [0.1, 0.15) is 5.41 Å². The number of para-hydroxylation sites is 1. The fraction of sp³-hybridized carbons (Fsp3) is 0.429. The molecule has 1 aliphatic carbocycles. The van der Waals surface area contributed by atoms with E-state index < -0.39 is 5.41 Å². The summed E-state index contributed by atoms with van der Waals surface area (Å²) >= 11 is 0. The number of nitrogens with zero attached hydrogens (tertiary/aromatic N) is 2. The van der Waals surface area contributed by atoms with Crippen molar-refractivity contribution < 1.29 is 28.9 Å². The summed E-state index contributed by atoms with van der Waals surface area (Å²) in [5, 5.41) is 11.7. The number of ether oxygens (including phenoxy) is 3. The van der Waals surface area contributed by atoms with E-state index in [0.717, 1.165) is 34.5 Å². The number of carbonyl (C=O) groups excluding carboxylic acids is 1. The Morgan fingerprint density at radius 2 is 1.92 bits per heavy atom. The quantitative estimate of drug-likeness (QED) is 0.684. The predicted molar refractivity (Wildman–Crippen MR) is 135 cm³/mol. The van der Waals surface area contributed by atoms with Gasteiger partial charge in [0, 0.05) is 17.5 Å². The first-order chi connectivity index (χ1) is 17.4. The summed E-state index contributed by atoms with van der Waals surface area (Å²) in [6.07, 6.45) is 3.13. The van der Waals surface area contributed by atoms with E-state index in [9.17, 15) is 9.90 Å². The summed E-state index contributed by atoms with van der Waals surface area (Å²) in [6, 6.07) is 11.4. The zero-order valence-electron chi connectivity index (χ0n) is 20.9. The molecule has 1 spiro atoms. The Morgan fingerprint density at radius 3 is 2.61 bits per heavy atom. The Balaban J connectivity index is 1.39. The van der Waals surface area contributed by atoms with Gasteiger partial charge < -0.3 is 19.3 Å². The van der Waals surface area contributed by atoms with Crippen molar-refractivity contribution in [1.82, 2.24) is 0 Å². The number of allylic oxidation sites excluding steroid dienone is 1. The first-order valence-electron chi connectivity index (χ1n) is 12.2. The van der Waals surface area contributed by atoms with E-state index in [0.29, 0.717) is 24.5 Å². The molecule has 4 aliphatic heterocycles. The van der Waals surface area contributed by atoms with Gasteiger partial charge in [-0.1, -0.05) is 18.2 Å². The third-order valence-electron chi connectivity index (χ3n) is 8.35. The monoisotopic (exact) mass is 490 g/mol. The average Bonchev–Trinajstić information content (AvgIpc) is 3.25. The van der Waals surface area contributed by atoms with Crippen LogP contribution in [0.4, 0.5) is 5.69 Å². The van der Waals surface area contributed by atoms with Crippen LogP contribution in [0.3, 0.4) is 0 Å². The second-order valence-corrected chi connectivity index (χ2v) is 9.99. The van der Waals surface area contributed by atoms with Gasteiger partial charge >= 0.3 is 0 Å². The first kappa shape index (κ1) is 23.1. The van der Waals surface area contributed by atoms with Crippen molar-refractivity contribution in [3.63, 3.8) is 0 Å². The van der Waals surface area contributed by atoms with Crippen molar-refractivity contribution in [1.29, 1.82) is 0 Å². The fourth-order valence-electron chi connectivity index (χ4n) is 6.72. The van der Waals surface area contributed by atoms with E-state index >= 15 is 0 Å². The highest BCUT2D eigenvalue weighted by Gasteiger charge is 2.64. The lowest BCUT2D eigenvalue weighted by molar-refractivity contribution is -0.137. The van der Waals surface area contributed by atoms with Crippen molar-refractivity contribution in [2.45, 2.75) is 37.3 Å². The first-order valence-corrected chi connectivity index (χ1v) is 12.2. The third kappa shape index (κ3) is 3.07. The molecule has 2 aromatic carbocycles. The minimum atomic E-state index is -0.787. The van der Waals surface area contributed by atoms with Gasteiger partial charge in [-0.15, -0.1) is 0 Å². The second kappa shape index (κ2) is 8.35. The van der Waals surface area contributed by atoms with Gasteiger partial charge in [0.15, 0.2) is 11.5 Å². The summed E-state index contributed by atoms with van der Waals surface area (Å²) in [5.74, 6) is 1.07. The maximum Gasteiger partial charge on any atom is 0.264 e. The second-order valence-electron chi connectivity index (χ2n) is 9.99. The minimum absolute atomic E-state index is 0.0152. The van der Waals surface area contributed by atoms with Crippen LogP contribution in [0, 0.1) is 11.8 Å². The van der Waals surface area contributed by atoms with Crippen molar-refractivity contribution in [3.05, 3.63) is 53.1 Å². The molecule has 3 fully saturated rings. The minimum Gasteiger partial charge on any atom is -0.502 e. The van der Waals surface area contributed by atoms with Crippen molar-refractivity contribution >= 4 is 23.4 Å². The number of phenolic OH excluding ortho intramolecular Hbond substituents is 1. The van der Waals surface area contributed by atoms with Crippen LogP contribution < -0.4 is 14.5 Å². The number of hydroxylamine groups is 1. The zero-order chi connectivity index (χ0) is 25.2. The third-order valence-corrected chi connectivity index (χ3v) is 8.35. The van der Waals surface area contributed by atoms with Crippen molar-refractivity contribution in [2.75, 3.05) is 33.0 Å². The van der Waals surface area contributed by atoms with Crippen LogP contribution in [0.2, 0.25) is 0 Å². The number of anilines is 1. The lowest BCUT2D eigenvalue weighted by Crippen LogP contribution is -2.51. The van der Waals surface area contributed by atoms with Gasteiger partial charge in [-0.2, -0.15) is 5.06 Å². The zero-order valence-corrected chi connectivity index (χ0v) is 20.9. The van der Waals surface area contributed by atoms with Gasteiger partial charge in [0.25, 0.3) is 5.91 Å². The van der Waals surface area contributed by atoms with E-state index in [1.165, 1.54) is 26.4 Å². The topological polar surface area (TPSA) is 89.8 Å². The summed E-state index contributed by atoms with van der Waals surface area (Å²) in [6.45, 7) is 2.65. The van der Waals surface area contributed by atoms with E-state index in [1.54, 1.807) is 12.1 Å². The number of fused-ring (bicyclic) bond motifs is 2. The van der Waals surface area contributed by atoms with Crippen LogP contribution in [-0.2, 0) is 19.8 Å². The smallest absolute Gasteiger partial charge is 0.264 e. The molecular formula is C28H30N2O6. The molecule has 2 saturated heterocycles. The maximum absolute atomic E-state index is 13.8. The molecule has 2 aromatic rings. The molecule has 8 heteroatoms. The molecule has 36 heavy (non-hydrogen) atoms. The lowest BCUT2D eigenvalue weighted by atomic mass is 9.71. The molecule has 4 heterocycles. The van der Waals surface area contributed by atoms with Gasteiger partial charge in [-0.25, -0.2) is 0 Å². The number of hydrogen-bond acceptors (Lipinski definition) is 7. The Hall–Kier alpha value is -3.36. The SMILES string of the molecule is COc1cc(/C=C(\C)C2=N[C@H]3C[C@@]4(C(=O)N(OC)c5ccccc54)[C@H]4C[C@@H]2[C@@H]3CO4)cc(OC)c1O. The van der Waals surface area contributed by atoms with Crippen LogP contribution in [0.25, 0.3) is 6.08 Å². The normalized spacial score (nSPS) is 30.4. The number of aromatic hydroxyl groups is 1. The molecule has 0 unspecified atom stereocenters. The molecule has 1 saturated carbocycles. The Kier molecular flexibility index (Phi) is 5.35. The molecule has 4 bridgehead atoms. The highest BCUT2D eigenvalue weighted by Crippen LogP contribution is 2.57. The van der Waals surface area contributed by atoms with Crippen LogP contribution in [-0.4, -0.2) is 56.8 Å². The number of methoxy groups -OCH3 is 2. The molecule has 0 aromatic heterocycles. The van der Waals surface area contributed by atoms with Crippen LogP contribution in [0.1, 0.15) is 30.9 Å². The maximum atomic E-state index is 13.8. The van der Waals surface area contributed by atoms with E-state index in [1.807, 2.05) is 30.3 Å². The molecule has 5 aliphatic rings. The number of amides is 1. The summed E-state index contributed by atoms with van der Waals surface area (Å²) < 4.78 is 17.0. The summed E-state index contributed by atoms with van der Waals surface area (Å²) in [4.78, 5) is 24.5. The largest absolute Gasteiger partial charge is 0.502 e. The molecular weight excluding hydrogens is 460 g/mol. The van der Waals surface area contributed by atoms with Gasteiger partial charge in [0.05, 0.1) is 45.8 Å². The highest BCUT2D eigenvalue weighted by molar-refractivity contribution is 6.09. The molecule has 7 rings (SSSR count). The van der Waals surface area contributed by atoms with Crippen molar-refractivity contribution in [2.24, 2.45) is 16.8 Å². The molecule has 188 valence electrons. The van der Waals surface area contributed by atoms with Crippen LogP contribution in [0.5, 0.6) is 17.2 Å². The number of phenols is 1. The van der Waals surface area contributed by atoms with Gasteiger partial charge in [0.2, 0.25) is 5.75 Å². The van der Waals surface area contributed by atoms with E-state index in [4.69, 9.17) is 24.0 Å². The number of hydrogen-bond donors (Lipinski definition) is 1. The number of rotatable bonds is 5. The van der Waals surface area contributed by atoms with Gasteiger partial charge in [-0.3, -0.25) is 14.6 Å². The van der Waals surface area contributed by atoms with Crippen LogP contribution >= 0.6 is 0 Å². The highest BCUT2D eigenvalue weighted by atomic mass is 16.7. The standard InChI is InChI=1S/C28H30N2O6/c1-15(9-16-10-22(33-2)26(31)23(11-16)34-3)25-17-12-24-28(13-20(29-25)18(17)14-36-24)19-7-5-6-8-21(19)30(35-4)27(28)32/h5-11,17-18,20,24,31H,12-14H2,1-4H3/b15-9+/t17-,18+,20+,24-,28+/m1/s1. The molecule has 1 N–H and O–H groups in total. The Morgan fingerprint density at radius 1 is 1.19 bits per heavy atom. The lowest BCUT2D eigenvalue weighted by Gasteiger charge is -2.38. The summed E-state index contributed by atoms with van der Waals surface area (Å²) in [7, 11) is 4.57. The summed E-state index contributed by atoms with van der Waals surface area (Å²) in [5.41, 5.74) is 3.96. The number of aliphatic imine (C=N–C) groups is 1. The average molecular weight is 491 g/mol. The molecule has 0 radical (unpaired) electrons. The number of benzene rings is 2. The van der Waals surface area contributed by atoms with Gasteiger partial charge in [-0.05, 0) is 60.7 Å². The Bertz CT molecular complexity index is 1280. The van der Waals surface area contributed by atoms with E-state index in [-0.39, 0.29) is 35.6 Å². The molecule has 8 nitrogen and oxygen atoms in total. The Labute approximate surface area is 210 Å². The fourth-order valence-corrected chi connectivity index (χ4v) is 6.72. The van der Waals surface area contributed by atoms with E-state index in [2.05, 4.69) is 6.92 Å². The van der Waals surface area contributed by atoms with Crippen LogP contribution in [0.15, 0.2) is 47.0 Å².